The number of nitrogens with one attached hydrogen (secondary N) is 4. The summed E-state index contributed by atoms with van der Waals surface area (Å²) in [5.74, 6) is -0.104. The molecule has 3 aromatic rings. The number of carbonyl (C=O) groups excluding carboxylic acids is 2. The quantitative estimate of drug-likeness (QED) is 0.246. The number of benzene rings is 2. The van der Waals surface area contributed by atoms with Gasteiger partial charge in [0.15, 0.2) is 11.5 Å². The molecule has 2 amide bonds. The van der Waals surface area contributed by atoms with Crippen LogP contribution in [0.4, 0.5) is 5.69 Å². The van der Waals surface area contributed by atoms with Gasteiger partial charge in [-0.3, -0.25) is 29.6 Å². The third kappa shape index (κ3) is 5.71. The lowest BCUT2D eigenvalue weighted by atomic mass is 9.97. The summed E-state index contributed by atoms with van der Waals surface area (Å²) in [7, 11) is 1.59. The Morgan fingerprint density at radius 1 is 1.05 bits per heavy atom. The van der Waals surface area contributed by atoms with E-state index in [-0.39, 0.29) is 30.2 Å². The summed E-state index contributed by atoms with van der Waals surface area (Å²) in [5, 5.41) is 2.75. The average Bonchev–Trinajstić information content (AvgIpc) is 3.47. The minimum Gasteiger partial charge on any atom is -0.493 e. The number of fused-ring (bicyclic) bond motifs is 3. The van der Waals surface area contributed by atoms with E-state index >= 15 is 0 Å². The van der Waals surface area contributed by atoms with Gasteiger partial charge in [0.1, 0.15) is 16.9 Å². The van der Waals surface area contributed by atoms with Gasteiger partial charge < -0.3 is 20.5 Å². The smallest absolute Gasteiger partial charge is 0.330 e. The zero-order valence-electron chi connectivity index (χ0n) is 24.9. The molecule has 1 aromatic heterocycles. The molecule has 3 heterocycles. The molecular formula is C30H36N8O5. The van der Waals surface area contributed by atoms with E-state index in [0.717, 1.165) is 39.2 Å². The molecule has 0 fully saturated rings. The van der Waals surface area contributed by atoms with E-state index < -0.39 is 11.8 Å². The molecule has 6 N–H and O–H groups in total. The number of primary amides is 1. The van der Waals surface area contributed by atoms with Crippen molar-refractivity contribution in [3.63, 3.8) is 0 Å². The maximum absolute atomic E-state index is 14.1. The van der Waals surface area contributed by atoms with Gasteiger partial charge in [-0.1, -0.05) is 17.7 Å². The van der Waals surface area contributed by atoms with Crippen molar-refractivity contribution in [3.05, 3.63) is 80.0 Å². The Labute approximate surface area is 248 Å². The van der Waals surface area contributed by atoms with Crippen LogP contribution < -0.4 is 48.1 Å². The van der Waals surface area contributed by atoms with E-state index in [0.29, 0.717) is 36.6 Å². The lowest BCUT2D eigenvalue weighted by molar-refractivity contribution is -0.119. The number of nitrogens with zero attached hydrogens (tertiary/aromatic N) is 3. The van der Waals surface area contributed by atoms with Gasteiger partial charge in [0.25, 0.3) is 11.8 Å². The first-order valence-corrected chi connectivity index (χ1v) is 14.0. The van der Waals surface area contributed by atoms with E-state index in [1.165, 1.54) is 0 Å². The molecule has 0 saturated carbocycles. The molecule has 2 aliphatic heterocycles. The molecule has 13 nitrogen and oxygen atoms in total. The van der Waals surface area contributed by atoms with E-state index in [9.17, 15) is 14.4 Å². The summed E-state index contributed by atoms with van der Waals surface area (Å²) in [6, 6.07) is 9.89. The van der Waals surface area contributed by atoms with E-state index in [1.54, 1.807) is 16.2 Å². The Hall–Kier alpha value is -5.04. The normalized spacial score (nSPS) is 14.0. The largest absolute Gasteiger partial charge is 0.493 e. The lowest BCUT2D eigenvalue weighted by Gasteiger charge is -2.25. The Morgan fingerprint density at radius 3 is 2.44 bits per heavy atom. The predicted molar refractivity (Wildman–Crippen MR) is 160 cm³/mol. The summed E-state index contributed by atoms with van der Waals surface area (Å²) < 4.78 is 14.7. The Morgan fingerprint density at radius 2 is 1.77 bits per heavy atom. The molecule has 0 unspecified atom stereocenters. The highest BCUT2D eigenvalue weighted by Crippen LogP contribution is 2.37. The molecule has 43 heavy (non-hydrogen) atoms. The standard InChI is InChI=1S/C30H36N8O5/c1-6-43-23-13-19-7-9-37-21(20(19)14-22(23)42-5)15-24(33-25-17(3)11-16(2)12-18(25)4)38(30(37)41)10-8-32-29(40)27-26(28(31)39)34-36-35-27/h11-15,34-36H,6-10H2,1-5H3,(H2,31,39)(H,32,40)/b33-24+. The van der Waals surface area contributed by atoms with Gasteiger partial charge in [-0.2, -0.15) is 0 Å². The van der Waals surface area contributed by atoms with Crippen LogP contribution in [-0.2, 0) is 29.1 Å². The number of nitrogens with two attached hydrogens (primary N) is 1. The molecule has 226 valence electrons. The number of hydrogen-bond donors (Lipinski definition) is 5. The summed E-state index contributed by atoms with van der Waals surface area (Å²) in [4.78, 5) is 43.5. The van der Waals surface area contributed by atoms with Gasteiger partial charge in [0.2, 0.25) is 0 Å². The minimum atomic E-state index is -0.792. The maximum atomic E-state index is 14.1. The fourth-order valence-electron chi connectivity index (χ4n) is 5.54. The van der Waals surface area contributed by atoms with Crippen LogP contribution in [0.15, 0.2) is 51.5 Å². The Bertz CT molecular complexity index is 1760. The van der Waals surface area contributed by atoms with Crippen molar-refractivity contribution in [1.82, 2.24) is 30.8 Å². The predicted octanol–water partition coefficient (Wildman–Crippen LogP) is 0.863. The van der Waals surface area contributed by atoms with Gasteiger partial charge >= 0.3 is 5.69 Å². The Kier molecular flexibility index (Phi) is 8.26. The Balaban J connectivity index is 1.61. The molecule has 2 aromatic carbocycles. The van der Waals surface area contributed by atoms with Gasteiger partial charge in [0.05, 0.1) is 25.1 Å². The number of amides is 2. The third-order valence-electron chi connectivity index (χ3n) is 7.45. The summed E-state index contributed by atoms with van der Waals surface area (Å²) in [5.41, 5.74) is 19.5. The second-order valence-corrected chi connectivity index (χ2v) is 10.4. The van der Waals surface area contributed by atoms with Crippen molar-refractivity contribution in [3.8, 4) is 22.8 Å². The molecule has 0 radical (unpaired) electrons. The highest BCUT2D eigenvalue weighted by atomic mass is 16.5. The monoisotopic (exact) mass is 588 g/mol. The number of ether oxygens (including phenoxy) is 2. The zero-order valence-corrected chi connectivity index (χ0v) is 24.9. The van der Waals surface area contributed by atoms with Crippen LogP contribution in [0, 0.1) is 20.8 Å². The van der Waals surface area contributed by atoms with E-state index in [2.05, 4.69) is 33.8 Å². The fraction of sp³-hybridized carbons (Fsp3) is 0.333. The van der Waals surface area contributed by atoms with Crippen molar-refractivity contribution in [1.29, 1.82) is 0 Å². The van der Waals surface area contributed by atoms with Crippen LogP contribution in [0.5, 0.6) is 11.5 Å². The van der Waals surface area contributed by atoms with Gasteiger partial charge in [-0.25, -0.2) is 9.79 Å². The highest BCUT2D eigenvalue weighted by Gasteiger charge is 2.25. The molecule has 0 aliphatic carbocycles. The van der Waals surface area contributed by atoms with Crippen molar-refractivity contribution in [2.24, 2.45) is 10.7 Å². The number of rotatable bonds is 9. The van der Waals surface area contributed by atoms with Crippen molar-refractivity contribution in [2.45, 2.75) is 47.2 Å². The number of aromatic nitrogens is 2. The van der Waals surface area contributed by atoms with Crippen LogP contribution in [0.25, 0.3) is 11.3 Å². The molecule has 0 spiro atoms. The fourth-order valence-corrected chi connectivity index (χ4v) is 5.54. The number of hydrogen-bond acceptors (Lipinski definition) is 9. The van der Waals surface area contributed by atoms with Crippen LogP contribution >= 0.6 is 0 Å². The van der Waals surface area contributed by atoms with Crippen molar-refractivity contribution < 1.29 is 19.1 Å². The minimum absolute atomic E-state index is 0.0348. The molecule has 2 aliphatic rings. The van der Waals surface area contributed by atoms with Gasteiger partial charge in [-0.05, 0) is 62.9 Å². The molecule has 5 rings (SSSR count). The number of methoxy groups -OCH3 is 1. The van der Waals surface area contributed by atoms with Crippen molar-refractivity contribution >= 4 is 17.5 Å². The second-order valence-electron chi connectivity index (χ2n) is 10.4. The van der Waals surface area contributed by atoms with Crippen LogP contribution in [0.1, 0.15) is 29.2 Å². The van der Waals surface area contributed by atoms with Gasteiger partial charge in [0, 0.05) is 31.3 Å². The second kappa shape index (κ2) is 12.1. The van der Waals surface area contributed by atoms with Crippen LogP contribution in [-0.4, -0.2) is 41.2 Å². The summed E-state index contributed by atoms with van der Waals surface area (Å²) in [6.07, 6.45) is 0.630. The molecule has 0 saturated heterocycles. The molecule has 13 heteroatoms. The number of aryl methyl sites for hydroxylation is 4. The summed E-state index contributed by atoms with van der Waals surface area (Å²) in [6.45, 7) is 9.12. The summed E-state index contributed by atoms with van der Waals surface area (Å²) >= 11 is 0. The molecule has 0 bridgehead atoms. The first-order chi connectivity index (χ1) is 20.6. The van der Waals surface area contributed by atoms with Crippen LogP contribution in [0.2, 0.25) is 0 Å². The molecule has 0 atom stereocenters. The first-order valence-electron chi connectivity index (χ1n) is 14.0. The van der Waals surface area contributed by atoms with E-state index in [1.807, 2.05) is 45.9 Å². The maximum Gasteiger partial charge on any atom is 0.330 e. The SMILES string of the molecule is CCOc1cc2c(cc1OC)-c1c/c(=N\c3c(C)cc(C)cc3C)n(CCNC(=O)C3=C(C(N)=O)NNN3)c(=O)n1CC2. The lowest BCUT2D eigenvalue weighted by Crippen LogP contribution is -2.44. The highest BCUT2D eigenvalue weighted by molar-refractivity contribution is 6.03. The van der Waals surface area contributed by atoms with Crippen LogP contribution in [0.3, 0.4) is 0 Å². The topological polar surface area (TPSA) is 166 Å². The zero-order chi connectivity index (χ0) is 30.8. The third-order valence-corrected chi connectivity index (χ3v) is 7.45. The van der Waals surface area contributed by atoms with E-state index in [4.69, 9.17) is 20.2 Å². The van der Waals surface area contributed by atoms with Gasteiger partial charge in [-0.15, -0.1) is 5.53 Å². The molecular weight excluding hydrogens is 552 g/mol. The van der Waals surface area contributed by atoms with Crippen molar-refractivity contribution in [2.75, 3.05) is 20.3 Å². The number of carbonyl (C=O) groups is 2. The number of hydrazine groups is 2. The average molecular weight is 589 g/mol. The first kappa shape index (κ1) is 29.5.